The molecule has 0 aliphatic carbocycles. The molecule has 0 unspecified atom stereocenters. The molecule has 0 saturated carbocycles. The third-order valence-electron chi connectivity index (χ3n) is 4.65. The lowest BCUT2D eigenvalue weighted by Gasteiger charge is -2.35. The van der Waals surface area contributed by atoms with Gasteiger partial charge >= 0.3 is 0 Å². The summed E-state index contributed by atoms with van der Waals surface area (Å²) < 4.78 is 1.90. The van der Waals surface area contributed by atoms with Crippen molar-refractivity contribution in [2.45, 2.75) is 13.8 Å². The second-order valence-corrected chi connectivity index (χ2v) is 6.53. The second-order valence-electron chi connectivity index (χ2n) is 6.53. The fourth-order valence-electron chi connectivity index (χ4n) is 3.24. The van der Waals surface area contributed by atoms with Gasteiger partial charge in [0.15, 0.2) is 0 Å². The fourth-order valence-corrected chi connectivity index (χ4v) is 3.24. The average Bonchev–Trinajstić information content (AvgIpc) is 3.04. The molecule has 1 saturated heterocycles. The number of anilines is 1. The smallest absolute Gasteiger partial charge is 0.274 e. The van der Waals surface area contributed by atoms with Crippen molar-refractivity contribution in [1.29, 1.82) is 0 Å². The first-order valence-electron chi connectivity index (χ1n) is 8.52. The van der Waals surface area contributed by atoms with Gasteiger partial charge in [0, 0.05) is 56.2 Å². The first kappa shape index (κ1) is 15.6. The third kappa shape index (κ3) is 3.07. The Morgan fingerprint density at radius 3 is 2.64 bits per heavy atom. The highest BCUT2D eigenvalue weighted by molar-refractivity contribution is 5.93. The second kappa shape index (κ2) is 6.20. The molecule has 6 nitrogen and oxygen atoms in total. The van der Waals surface area contributed by atoms with Crippen LogP contribution in [0.15, 0.2) is 42.9 Å². The fraction of sp³-hybridized carbons (Fsp3) is 0.316. The Balaban J connectivity index is 1.47. The maximum atomic E-state index is 12.8. The van der Waals surface area contributed by atoms with E-state index in [0.717, 1.165) is 30.0 Å². The number of nitrogens with zero attached hydrogens (tertiary/aromatic N) is 5. The van der Waals surface area contributed by atoms with Gasteiger partial charge in [-0.15, -0.1) is 0 Å². The van der Waals surface area contributed by atoms with E-state index in [1.807, 2.05) is 59.9 Å². The lowest BCUT2D eigenvalue weighted by Crippen LogP contribution is -2.48. The van der Waals surface area contributed by atoms with Crippen molar-refractivity contribution in [2.24, 2.45) is 0 Å². The Morgan fingerprint density at radius 2 is 1.88 bits per heavy atom. The number of aromatic nitrogens is 3. The highest BCUT2D eigenvalue weighted by Crippen LogP contribution is 2.18. The van der Waals surface area contributed by atoms with Gasteiger partial charge in [-0.05, 0) is 43.7 Å². The van der Waals surface area contributed by atoms with Crippen molar-refractivity contribution < 1.29 is 4.79 Å². The van der Waals surface area contributed by atoms with Crippen molar-refractivity contribution >= 4 is 17.2 Å². The number of imidazole rings is 1. The first-order valence-corrected chi connectivity index (χ1v) is 8.52. The molecule has 0 spiro atoms. The van der Waals surface area contributed by atoms with Crippen LogP contribution in [-0.2, 0) is 0 Å². The molecule has 1 aliphatic heterocycles. The van der Waals surface area contributed by atoms with Gasteiger partial charge < -0.3 is 14.2 Å². The van der Waals surface area contributed by atoms with Gasteiger partial charge in [0.25, 0.3) is 5.91 Å². The van der Waals surface area contributed by atoms with E-state index >= 15 is 0 Å². The largest absolute Gasteiger partial charge is 0.368 e. The van der Waals surface area contributed by atoms with E-state index in [1.54, 1.807) is 0 Å². The number of carbonyl (C=O) groups excluding carboxylic acids is 1. The van der Waals surface area contributed by atoms with E-state index in [-0.39, 0.29) is 5.91 Å². The van der Waals surface area contributed by atoms with Crippen LogP contribution in [0.1, 0.15) is 21.7 Å². The topological polar surface area (TPSA) is 53.7 Å². The molecular weight excluding hydrogens is 314 g/mol. The zero-order valence-electron chi connectivity index (χ0n) is 14.5. The van der Waals surface area contributed by atoms with E-state index in [1.165, 1.54) is 5.69 Å². The molecule has 0 N–H and O–H groups in total. The van der Waals surface area contributed by atoms with Crippen LogP contribution in [-0.4, -0.2) is 51.4 Å². The minimum absolute atomic E-state index is 0.00640. The summed E-state index contributed by atoms with van der Waals surface area (Å²) in [5.74, 6) is 0.00640. The van der Waals surface area contributed by atoms with Crippen LogP contribution in [0.4, 0.5) is 5.69 Å². The number of piperazine rings is 1. The van der Waals surface area contributed by atoms with E-state index < -0.39 is 0 Å². The Morgan fingerprint density at radius 1 is 1.08 bits per heavy atom. The number of hydrogen-bond donors (Lipinski definition) is 0. The lowest BCUT2D eigenvalue weighted by atomic mass is 10.2. The van der Waals surface area contributed by atoms with Gasteiger partial charge in [-0.1, -0.05) is 0 Å². The predicted molar refractivity (Wildman–Crippen MR) is 97.0 cm³/mol. The maximum absolute atomic E-state index is 12.8. The normalized spacial score (nSPS) is 15.0. The minimum atomic E-state index is 0.00640. The van der Waals surface area contributed by atoms with Crippen LogP contribution in [0.25, 0.3) is 5.65 Å². The molecule has 3 aromatic heterocycles. The van der Waals surface area contributed by atoms with Crippen LogP contribution in [0.5, 0.6) is 0 Å². The first-order chi connectivity index (χ1) is 12.1. The molecule has 25 heavy (non-hydrogen) atoms. The number of carbonyl (C=O) groups is 1. The third-order valence-corrected chi connectivity index (χ3v) is 4.65. The standard InChI is InChI=1S/C19H21N5O/c1-14-4-6-24-13-17(21-18(24)11-14)19(25)23-9-7-22(8-10-23)16-3-5-20-15(2)12-16/h3-6,11-13H,7-10H2,1-2H3. The maximum Gasteiger partial charge on any atom is 0.274 e. The number of hydrogen-bond acceptors (Lipinski definition) is 4. The summed E-state index contributed by atoms with van der Waals surface area (Å²) in [6, 6.07) is 8.11. The van der Waals surface area contributed by atoms with Gasteiger partial charge in [0.1, 0.15) is 11.3 Å². The van der Waals surface area contributed by atoms with Crippen molar-refractivity contribution in [1.82, 2.24) is 19.3 Å². The molecule has 3 aromatic rings. The van der Waals surface area contributed by atoms with Gasteiger partial charge in [0.2, 0.25) is 0 Å². The van der Waals surface area contributed by atoms with Crippen molar-refractivity contribution in [2.75, 3.05) is 31.1 Å². The van der Waals surface area contributed by atoms with Crippen LogP contribution in [0.3, 0.4) is 0 Å². The highest BCUT2D eigenvalue weighted by atomic mass is 16.2. The Kier molecular flexibility index (Phi) is 3.87. The summed E-state index contributed by atoms with van der Waals surface area (Å²) in [4.78, 5) is 25.7. The quantitative estimate of drug-likeness (QED) is 0.721. The van der Waals surface area contributed by atoms with Crippen LogP contribution in [0.2, 0.25) is 0 Å². The molecule has 0 bridgehead atoms. The molecule has 128 valence electrons. The van der Waals surface area contributed by atoms with Crippen LogP contribution >= 0.6 is 0 Å². The van der Waals surface area contributed by atoms with E-state index in [2.05, 4.69) is 20.9 Å². The molecule has 0 atom stereocenters. The summed E-state index contributed by atoms with van der Waals surface area (Å²) in [6.07, 6.45) is 5.59. The monoisotopic (exact) mass is 335 g/mol. The molecule has 1 amide bonds. The van der Waals surface area contributed by atoms with Crippen LogP contribution < -0.4 is 4.90 Å². The van der Waals surface area contributed by atoms with E-state index in [4.69, 9.17) is 0 Å². The number of pyridine rings is 2. The van der Waals surface area contributed by atoms with Gasteiger partial charge in [-0.2, -0.15) is 0 Å². The Labute approximate surface area is 146 Å². The predicted octanol–water partition coefficient (Wildman–Crippen LogP) is 2.31. The number of fused-ring (bicyclic) bond motifs is 1. The molecule has 0 aromatic carbocycles. The summed E-state index contributed by atoms with van der Waals surface area (Å²) >= 11 is 0. The van der Waals surface area contributed by atoms with Crippen LogP contribution in [0, 0.1) is 13.8 Å². The molecule has 6 heteroatoms. The number of aryl methyl sites for hydroxylation is 2. The summed E-state index contributed by atoms with van der Waals surface area (Å²) in [5, 5.41) is 0. The SMILES string of the molecule is Cc1ccn2cc(C(=O)N3CCN(c4ccnc(C)c4)CC3)nc2c1. The summed E-state index contributed by atoms with van der Waals surface area (Å²) in [7, 11) is 0. The summed E-state index contributed by atoms with van der Waals surface area (Å²) in [6.45, 7) is 7.06. The number of rotatable bonds is 2. The molecule has 4 heterocycles. The van der Waals surface area contributed by atoms with Gasteiger partial charge in [-0.3, -0.25) is 9.78 Å². The van der Waals surface area contributed by atoms with E-state index in [0.29, 0.717) is 18.8 Å². The van der Waals surface area contributed by atoms with Crippen molar-refractivity contribution in [3.8, 4) is 0 Å². The Bertz CT molecular complexity index is 924. The summed E-state index contributed by atoms with van der Waals surface area (Å²) in [5.41, 5.74) is 4.64. The minimum Gasteiger partial charge on any atom is -0.368 e. The van der Waals surface area contributed by atoms with Crippen molar-refractivity contribution in [3.63, 3.8) is 0 Å². The Hall–Kier alpha value is -2.89. The van der Waals surface area contributed by atoms with Gasteiger partial charge in [0.05, 0.1) is 0 Å². The number of amides is 1. The van der Waals surface area contributed by atoms with Crippen molar-refractivity contribution in [3.05, 3.63) is 59.8 Å². The molecule has 0 radical (unpaired) electrons. The zero-order valence-corrected chi connectivity index (χ0v) is 14.5. The molecule has 1 aliphatic rings. The lowest BCUT2D eigenvalue weighted by molar-refractivity contribution is 0.0741. The highest BCUT2D eigenvalue weighted by Gasteiger charge is 2.24. The molecular formula is C19H21N5O. The molecule has 1 fully saturated rings. The molecule has 4 rings (SSSR count). The van der Waals surface area contributed by atoms with E-state index in [9.17, 15) is 4.79 Å². The average molecular weight is 335 g/mol. The zero-order chi connectivity index (χ0) is 17.4. The van der Waals surface area contributed by atoms with Gasteiger partial charge in [-0.25, -0.2) is 4.98 Å².